The van der Waals surface area contributed by atoms with Crippen LogP contribution in [0, 0.1) is 10.1 Å². The number of amides is 2. The van der Waals surface area contributed by atoms with Crippen molar-refractivity contribution in [1.29, 1.82) is 0 Å². The molecule has 0 aliphatic carbocycles. The average molecular weight is 328 g/mol. The number of nitro groups is 1. The Morgan fingerprint density at radius 1 is 0.833 bits per heavy atom. The Kier molecular flexibility index (Phi) is 4.85. The third-order valence-corrected chi connectivity index (χ3v) is 3.02. The summed E-state index contributed by atoms with van der Waals surface area (Å²) in [5, 5.41) is 21.5. The molecule has 0 atom stereocenters. The highest BCUT2D eigenvalue weighted by Gasteiger charge is 2.14. The minimum absolute atomic E-state index is 0.0779. The summed E-state index contributed by atoms with van der Waals surface area (Å²) in [5.41, 5.74) is 3.55. The summed E-state index contributed by atoms with van der Waals surface area (Å²) in [6.45, 7) is 0. The molecule has 0 radical (unpaired) electrons. The molecule has 0 aromatic heterocycles. The van der Waals surface area contributed by atoms with E-state index in [9.17, 15) is 29.6 Å². The van der Waals surface area contributed by atoms with Crippen LogP contribution in [-0.2, 0) is 0 Å². The van der Waals surface area contributed by atoms with Gasteiger partial charge in [0.05, 0.1) is 16.5 Å². The van der Waals surface area contributed by atoms with Gasteiger partial charge in [0.25, 0.3) is 17.5 Å². The quantitative estimate of drug-likeness (QED) is 0.599. The second-order valence-corrected chi connectivity index (χ2v) is 4.55. The van der Waals surface area contributed by atoms with Crippen LogP contribution in [0.1, 0.15) is 31.1 Å². The van der Waals surface area contributed by atoms with Crippen molar-refractivity contribution in [2.45, 2.75) is 0 Å². The van der Waals surface area contributed by atoms with Gasteiger partial charge in [-0.2, -0.15) is 0 Å². The van der Waals surface area contributed by atoms with E-state index in [2.05, 4.69) is 10.9 Å². The largest absolute Gasteiger partial charge is 0.545 e. The second kappa shape index (κ2) is 7.01. The zero-order chi connectivity index (χ0) is 17.7. The van der Waals surface area contributed by atoms with Gasteiger partial charge in [-0.1, -0.05) is 18.2 Å². The number of aromatic carboxylic acids is 1. The van der Waals surface area contributed by atoms with Gasteiger partial charge < -0.3 is 9.90 Å². The normalized spacial score (nSPS) is 9.83. The van der Waals surface area contributed by atoms with Crippen molar-refractivity contribution in [3.63, 3.8) is 0 Å². The first-order valence-corrected chi connectivity index (χ1v) is 6.55. The molecular weight excluding hydrogens is 318 g/mol. The van der Waals surface area contributed by atoms with Crippen LogP contribution in [0.25, 0.3) is 0 Å². The van der Waals surface area contributed by atoms with Crippen molar-refractivity contribution < 1.29 is 24.4 Å². The summed E-state index contributed by atoms with van der Waals surface area (Å²) in [5.74, 6) is -3.09. The lowest BCUT2D eigenvalue weighted by atomic mass is 10.1. The number of carboxylic acids is 1. The van der Waals surface area contributed by atoms with E-state index in [0.717, 1.165) is 12.1 Å². The molecule has 0 heterocycles. The third-order valence-electron chi connectivity index (χ3n) is 3.02. The molecule has 0 aliphatic rings. The molecule has 2 rings (SSSR count). The van der Waals surface area contributed by atoms with Gasteiger partial charge in [-0.05, 0) is 18.2 Å². The summed E-state index contributed by atoms with van der Waals surface area (Å²) in [4.78, 5) is 44.7. The molecular formula is C15H10N3O6-. The number of benzene rings is 2. The summed E-state index contributed by atoms with van der Waals surface area (Å²) >= 11 is 0. The molecule has 2 aromatic carbocycles. The summed E-state index contributed by atoms with van der Waals surface area (Å²) in [6.07, 6.45) is 0. The van der Waals surface area contributed by atoms with E-state index in [4.69, 9.17) is 0 Å². The number of carbonyl (C=O) groups is 3. The van der Waals surface area contributed by atoms with Crippen molar-refractivity contribution in [2.24, 2.45) is 0 Å². The van der Waals surface area contributed by atoms with Crippen LogP contribution in [0.2, 0.25) is 0 Å². The Bertz CT molecular complexity index is 816. The van der Waals surface area contributed by atoms with Gasteiger partial charge in [-0.3, -0.25) is 30.6 Å². The van der Waals surface area contributed by atoms with E-state index in [0.29, 0.717) is 0 Å². The number of hydrogen-bond acceptors (Lipinski definition) is 6. The predicted molar refractivity (Wildman–Crippen MR) is 78.8 cm³/mol. The molecule has 0 bridgehead atoms. The summed E-state index contributed by atoms with van der Waals surface area (Å²) in [7, 11) is 0. The van der Waals surface area contributed by atoms with E-state index < -0.39 is 22.7 Å². The van der Waals surface area contributed by atoms with E-state index in [1.165, 1.54) is 36.4 Å². The van der Waals surface area contributed by atoms with Gasteiger partial charge in [0.1, 0.15) is 0 Å². The predicted octanol–water partition coefficient (Wildman–Crippen LogP) is 0.0331. The number of nitrogens with one attached hydrogen (secondary N) is 2. The van der Waals surface area contributed by atoms with E-state index in [1.54, 1.807) is 0 Å². The van der Waals surface area contributed by atoms with Crippen molar-refractivity contribution in [3.05, 3.63) is 75.3 Å². The van der Waals surface area contributed by atoms with Gasteiger partial charge in [0.2, 0.25) is 0 Å². The maximum atomic E-state index is 11.9. The average Bonchev–Trinajstić information content (AvgIpc) is 2.59. The van der Waals surface area contributed by atoms with E-state index in [-0.39, 0.29) is 22.4 Å². The molecule has 24 heavy (non-hydrogen) atoms. The fourth-order valence-corrected chi connectivity index (χ4v) is 1.85. The molecule has 122 valence electrons. The lowest BCUT2D eigenvalue weighted by Gasteiger charge is -2.11. The number of hydrogen-bond donors (Lipinski definition) is 2. The number of rotatable bonds is 4. The molecule has 0 saturated carbocycles. The zero-order valence-corrected chi connectivity index (χ0v) is 12.0. The maximum Gasteiger partial charge on any atom is 0.270 e. The monoisotopic (exact) mass is 328 g/mol. The minimum Gasteiger partial charge on any atom is -0.545 e. The Balaban J connectivity index is 2.05. The van der Waals surface area contributed by atoms with Gasteiger partial charge in [-0.25, -0.2) is 0 Å². The van der Waals surface area contributed by atoms with E-state index in [1.807, 2.05) is 0 Å². The van der Waals surface area contributed by atoms with Crippen LogP contribution in [0.4, 0.5) is 5.69 Å². The van der Waals surface area contributed by atoms with Gasteiger partial charge >= 0.3 is 0 Å². The fraction of sp³-hybridized carbons (Fsp3) is 0. The molecule has 0 spiro atoms. The van der Waals surface area contributed by atoms with Crippen LogP contribution in [0.15, 0.2) is 48.5 Å². The number of non-ortho nitro benzene ring substituents is 1. The van der Waals surface area contributed by atoms with E-state index >= 15 is 0 Å². The fourth-order valence-electron chi connectivity index (χ4n) is 1.85. The van der Waals surface area contributed by atoms with Crippen molar-refractivity contribution in [3.8, 4) is 0 Å². The number of nitrogens with zero attached hydrogens (tertiary/aromatic N) is 1. The highest BCUT2D eigenvalue weighted by atomic mass is 16.6. The van der Waals surface area contributed by atoms with Crippen LogP contribution < -0.4 is 16.0 Å². The van der Waals surface area contributed by atoms with Crippen LogP contribution in [-0.4, -0.2) is 22.7 Å². The molecule has 0 saturated heterocycles. The molecule has 0 aliphatic heterocycles. The van der Waals surface area contributed by atoms with Gasteiger partial charge in [0, 0.05) is 23.3 Å². The topological polar surface area (TPSA) is 141 Å². The Hall–Kier alpha value is -3.75. The Labute approximate surface area is 135 Å². The lowest BCUT2D eigenvalue weighted by Crippen LogP contribution is -2.42. The number of carbonyl (C=O) groups excluding carboxylic acids is 3. The first-order valence-electron chi connectivity index (χ1n) is 6.55. The second-order valence-electron chi connectivity index (χ2n) is 4.55. The standard InChI is InChI=1S/C15H11N3O6/c19-13(9-5-7-10(8-6-9)18(23)24)16-17-14(20)11-3-1-2-4-12(11)15(21)22/h1-8H,(H,16,19)(H,17,20)(H,21,22)/p-1. The SMILES string of the molecule is O=C(NNC(=O)c1ccccc1C(=O)[O-])c1ccc([N+](=O)[O-])cc1. The molecule has 0 fully saturated rings. The highest BCUT2D eigenvalue weighted by Crippen LogP contribution is 2.11. The van der Waals surface area contributed by atoms with Crippen LogP contribution in [0.5, 0.6) is 0 Å². The number of nitro benzene ring substituents is 1. The molecule has 2 aromatic rings. The number of hydrazine groups is 1. The smallest absolute Gasteiger partial charge is 0.270 e. The molecule has 9 heteroatoms. The molecule has 9 nitrogen and oxygen atoms in total. The Morgan fingerprint density at radius 3 is 1.92 bits per heavy atom. The zero-order valence-electron chi connectivity index (χ0n) is 12.0. The maximum absolute atomic E-state index is 11.9. The minimum atomic E-state index is -1.53. The van der Waals surface area contributed by atoms with Crippen molar-refractivity contribution in [1.82, 2.24) is 10.9 Å². The van der Waals surface area contributed by atoms with Gasteiger partial charge in [0.15, 0.2) is 0 Å². The third kappa shape index (κ3) is 3.71. The number of carboxylic acid groups (broad SMARTS) is 1. The van der Waals surface area contributed by atoms with Crippen molar-refractivity contribution in [2.75, 3.05) is 0 Å². The first-order chi connectivity index (χ1) is 11.4. The van der Waals surface area contributed by atoms with Crippen LogP contribution in [0.3, 0.4) is 0 Å². The molecule has 2 N–H and O–H groups in total. The van der Waals surface area contributed by atoms with Crippen molar-refractivity contribution >= 4 is 23.5 Å². The van der Waals surface area contributed by atoms with Crippen LogP contribution >= 0.6 is 0 Å². The molecule has 2 amide bonds. The molecule has 0 unspecified atom stereocenters. The Morgan fingerprint density at radius 2 is 1.38 bits per heavy atom. The summed E-state index contributed by atoms with van der Waals surface area (Å²) in [6, 6.07) is 10.1. The van der Waals surface area contributed by atoms with Gasteiger partial charge in [-0.15, -0.1) is 0 Å². The highest BCUT2D eigenvalue weighted by molar-refractivity contribution is 6.05. The first kappa shape index (κ1) is 16.6. The lowest BCUT2D eigenvalue weighted by molar-refractivity contribution is -0.384. The summed E-state index contributed by atoms with van der Waals surface area (Å²) < 4.78 is 0.